The molecule has 17 heteroatoms. The van der Waals surface area contributed by atoms with Crippen LogP contribution >= 0.6 is 34.4 Å². The SMILES string of the molecule is CC(C)C.CC(C)C.CC(C)C.CC(C)C.CC(C)C.CC(C)C.CC(C)C.CC(C)C.CC(C)C.CC(C)C.CC(C)C.O=C1CCc2ccccc21.O=c1[nH]c2ccccc2o1.O=c1oc2ccccc2s1.c1ccc2[nH]ccc2c1.c1ccc2[nH]cnc2c1.c1ccc2c(c1)CCN2.c1ccc2c(c1)CCO2.c1ccc2c(c1)CCS2.c1ccc2nocc2c1.c1ccc2occc2c1.c1ccc2sccc2c1. The van der Waals surface area contributed by atoms with Gasteiger partial charge >= 0.3 is 10.7 Å². The van der Waals surface area contributed by atoms with Crippen LogP contribution in [-0.4, -0.2) is 49.8 Å². The number of aryl methyl sites for hydroxylation is 2. The van der Waals surface area contributed by atoms with Gasteiger partial charge in [0, 0.05) is 68.5 Å². The van der Waals surface area contributed by atoms with Gasteiger partial charge in [-0.05, 0) is 226 Å². The first-order chi connectivity index (χ1) is 69.4. The third-order valence-electron chi connectivity index (χ3n) is 16.2. The van der Waals surface area contributed by atoms with E-state index in [9.17, 15) is 14.4 Å². The highest BCUT2D eigenvalue weighted by molar-refractivity contribution is 7.99. The van der Waals surface area contributed by atoms with E-state index in [1.807, 2.05) is 182 Å². The van der Waals surface area contributed by atoms with Gasteiger partial charge in [0.15, 0.2) is 11.4 Å². The number of benzene rings is 11. The highest BCUT2D eigenvalue weighted by Crippen LogP contribution is 2.31. The Morgan fingerprint density at radius 3 is 1.31 bits per heavy atom. The fourth-order valence-electron chi connectivity index (χ4n) is 11.1. The van der Waals surface area contributed by atoms with Crippen molar-refractivity contribution in [2.45, 2.75) is 265 Å². The number of hydrogen-bond donors (Lipinski definition) is 4. The van der Waals surface area contributed by atoms with E-state index in [2.05, 4.69) is 367 Å². The molecule has 7 aromatic heterocycles. The van der Waals surface area contributed by atoms with Gasteiger partial charge in [-0.15, -0.1) is 23.1 Å². The Hall–Kier alpha value is -12.0. The van der Waals surface area contributed by atoms with Gasteiger partial charge in [0.2, 0.25) is 0 Å². The molecule has 4 N–H and O–H groups in total. The van der Waals surface area contributed by atoms with Crippen LogP contribution in [0.4, 0.5) is 5.69 Å². The van der Waals surface area contributed by atoms with Crippen LogP contribution in [0.25, 0.3) is 75.3 Å². The van der Waals surface area contributed by atoms with Crippen LogP contribution < -0.4 is 20.7 Å². The number of hydrogen-bond acceptors (Lipinski definition) is 14. The fraction of sp³-hybridized carbons (Fsp3) is 0.403. The lowest BCUT2D eigenvalue weighted by molar-refractivity contribution is 0.0994. The maximum Gasteiger partial charge on any atom is 0.417 e. The Kier molecular flexibility index (Phi) is 72.5. The molecule has 18 aromatic rings. The summed E-state index contributed by atoms with van der Waals surface area (Å²) in [6.07, 6.45) is 12.2. The smallest absolute Gasteiger partial charge is 0.417 e. The standard InChI is InChI=1S/C9H8O.C8H9N.C8H7N.C8H8O.C8H6O.C8H8S.C8H6S.C7H6N2.C7H5NO2.C7H5NO.C7H4O2S.11C4H10/c10-9-6-5-7-3-1-2-4-8(7)9;6*1-2-4-8-7(3-1)5-6-9-8;1-2-4-7-6(3-1)8-5-9-7;9-7-8-5-3-1-2-4-6(5)10-7;1-2-4-7-6(3-1)5-9-8-7;8-7-9-5-3-1-2-4-6(5)10-7;11*1-4(2)3/h1-4H,5-6H2;1-4,9H,5-6H2;1-6,9H;1-4H,5-6H2;1-6H;1-4H,5-6H2;1-6H;1-5H,(H,8,9);1-4H,(H,8,9);1-5H;1-4H;11*4H,1-3H3. The summed E-state index contributed by atoms with van der Waals surface area (Å²) < 4.78 is 27.0. The molecule has 0 amide bonds. The first kappa shape index (κ1) is 132. The highest BCUT2D eigenvalue weighted by Gasteiger charge is 2.18. The zero-order chi connectivity index (χ0) is 109. The number of H-pyrrole nitrogens is 3. The quantitative estimate of drug-likeness (QED) is 0.112. The van der Waals surface area contributed by atoms with Crippen molar-refractivity contribution >= 4 is 121 Å². The van der Waals surface area contributed by atoms with Crippen molar-refractivity contribution < 1.29 is 27.3 Å². The van der Waals surface area contributed by atoms with Crippen molar-refractivity contribution in [1.82, 2.24) is 25.1 Å². The average molecular weight is 2040 g/mol. The van der Waals surface area contributed by atoms with Gasteiger partial charge in [0.05, 0.1) is 40.4 Å². The molecule has 0 fully saturated rings. The minimum absolute atomic E-state index is 0.235. The molecule has 0 unspecified atom stereocenters. The molecule has 10 heterocycles. The second-order valence-corrected chi connectivity index (χ2v) is 45.1. The number of anilines is 1. The molecule has 0 radical (unpaired) electrons. The molecule has 14 nitrogen and oxygen atoms in total. The molecule has 4 aliphatic rings. The van der Waals surface area contributed by atoms with Gasteiger partial charge in [-0.1, -0.05) is 427 Å². The van der Waals surface area contributed by atoms with E-state index in [-0.39, 0.29) is 4.94 Å². The molecule has 0 atom stereocenters. The van der Waals surface area contributed by atoms with Crippen LogP contribution in [0, 0.1) is 65.1 Å². The van der Waals surface area contributed by atoms with Gasteiger partial charge in [0.1, 0.15) is 28.7 Å². The number of imidazole rings is 1. The van der Waals surface area contributed by atoms with Crippen LogP contribution in [0.3, 0.4) is 0 Å². The predicted octanol–water partition coefficient (Wildman–Crippen LogP) is 39.6. The second-order valence-electron chi connectivity index (χ2n) is 42.1. The lowest BCUT2D eigenvalue weighted by Crippen LogP contribution is -1.92. The maximum absolute atomic E-state index is 11.1. The molecule has 0 saturated carbocycles. The number of nitrogens with zero attached hydrogens (tertiary/aromatic N) is 2. The number of para-hydroxylation sites is 9. The Morgan fingerprint density at radius 2 is 0.788 bits per heavy atom. The number of Topliss-reactive ketones (excluding diaryl/α,β-unsaturated/α-hetero) is 1. The van der Waals surface area contributed by atoms with Crippen molar-refractivity contribution in [3.63, 3.8) is 0 Å². The Labute approximate surface area is 891 Å². The van der Waals surface area contributed by atoms with E-state index >= 15 is 0 Å². The predicted molar refractivity (Wildman–Crippen MR) is 644 cm³/mol. The summed E-state index contributed by atoms with van der Waals surface area (Å²) in [5.74, 6) is 11.4. The third kappa shape index (κ3) is 68.4. The number of thioether (sulfide) groups is 1. The molecule has 3 aliphatic heterocycles. The minimum Gasteiger partial charge on any atom is -0.493 e. The van der Waals surface area contributed by atoms with Crippen LogP contribution in [-0.2, 0) is 25.7 Å². The van der Waals surface area contributed by atoms with Gasteiger partial charge in [-0.25, -0.2) is 14.6 Å². The zero-order valence-electron chi connectivity index (χ0n) is 94.9. The molecular weight excluding hydrogens is 1860 g/mol. The van der Waals surface area contributed by atoms with Crippen molar-refractivity contribution in [3.8, 4) is 5.75 Å². The lowest BCUT2D eigenvalue weighted by Gasteiger charge is -1.94. The molecule has 11 aromatic carbocycles. The molecule has 0 spiro atoms. The molecule has 0 saturated heterocycles. The first-order valence-corrected chi connectivity index (χ1v) is 55.0. The van der Waals surface area contributed by atoms with Gasteiger partial charge in [-0.2, -0.15) is 0 Å². The van der Waals surface area contributed by atoms with Crippen molar-refractivity contribution in [1.29, 1.82) is 0 Å². The van der Waals surface area contributed by atoms with Crippen LogP contribution in [0.1, 0.15) is 268 Å². The number of nitrogens with one attached hydrogen (secondary N) is 4. The topological polar surface area (TPSA) is 198 Å². The number of oxazole rings is 1. The van der Waals surface area contributed by atoms with Crippen molar-refractivity contribution in [2.75, 3.05) is 24.2 Å². The number of furan rings is 1. The van der Waals surface area contributed by atoms with Crippen LogP contribution in [0.2, 0.25) is 0 Å². The Balaban J connectivity index is 0.000000773. The van der Waals surface area contributed by atoms with E-state index in [4.69, 9.17) is 22.5 Å². The van der Waals surface area contributed by atoms with Crippen LogP contribution in [0.15, 0.2) is 348 Å². The van der Waals surface area contributed by atoms with E-state index in [1.165, 1.54) is 72.4 Å². The number of ketones is 1. The fourth-order valence-corrected chi connectivity index (χ4v) is 13.6. The summed E-state index contributed by atoms with van der Waals surface area (Å²) >= 11 is 4.89. The lowest BCUT2D eigenvalue weighted by atomic mass is 10.1. The van der Waals surface area contributed by atoms with Gasteiger partial charge < -0.3 is 37.8 Å². The summed E-state index contributed by atoms with van der Waals surface area (Å²) in [7, 11) is 0. The van der Waals surface area contributed by atoms with E-state index < -0.39 is 5.76 Å². The number of fused-ring (bicyclic) bond motifs is 11. The first-order valence-electron chi connectivity index (χ1n) is 52.3. The molecule has 146 heavy (non-hydrogen) atoms. The number of aromatic amines is 3. The number of aromatic nitrogens is 5. The van der Waals surface area contributed by atoms with Gasteiger partial charge in [0.25, 0.3) is 0 Å². The number of rotatable bonds is 0. The largest absolute Gasteiger partial charge is 0.493 e. The molecule has 794 valence electrons. The van der Waals surface area contributed by atoms with E-state index in [0.29, 0.717) is 23.4 Å². The summed E-state index contributed by atoms with van der Waals surface area (Å²) in [6.45, 7) is 73.5. The third-order valence-corrected chi connectivity index (χ3v) is 19.0. The molecule has 0 bridgehead atoms. The second kappa shape index (κ2) is 80.2. The van der Waals surface area contributed by atoms with Crippen LogP contribution in [0.5, 0.6) is 5.75 Å². The zero-order valence-corrected chi connectivity index (χ0v) is 97.4. The maximum atomic E-state index is 11.1. The molecule has 22 rings (SSSR count). The molecule has 1 aliphatic carbocycles. The number of thiophene rings is 1. The highest BCUT2D eigenvalue weighted by atomic mass is 32.2. The Morgan fingerprint density at radius 1 is 0.336 bits per heavy atom. The number of ether oxygens (including phenoxy) is 1. The summed E-state index contributed by atoms with van der Waals surface area (Å²) in [4.78, 5) is 46.2. The average Bonchev–Trinajstić information content (AvgIpc) is 1.71. The summed E-state index contributed by atoms with van der Waals surface area (Å²) in [6, 6.07) is 94.1. The van der Waals surface area contributed by atoms with Gasteiger partial charge in [-0.3, -0.25) is 9.78 Å². The summed E-state index contributed by atoms with van der Waals surface area (Å²) in [5.41, 5.74) is 15.0. The van der Waals surface area contributed by atoms with Crippen molar-refractivity contribution in [2.24, 2.45) is 65.1 Å². The Bertz CT molecular complexity index is 5330. The van der Waals surface area contributed by atoms with E-state index in [1.54, 1.807) is 48.4 Å². The number of carbonyl (C=O) groups is 1. The van der Waals surface area contributed by atoms with Crippen molar-refractivity contribution in [3.05, 3.63) is 364 Å². The van der Waals surface area contributed by atoms with E-state index in [0.717, 1.165) is 157 Å². The summed E-state index contributed by atoms with van der Waals surface area (Å²) in [5, 5.41) is 14.0. The minimum atomic E-state index is -0.402. The number of carbonyl (C=O) groups excluding carboxylic acids is 1. The monoisotopic (exact) mass is 2040 g/mol. The molecular formula is C129H182N6O8S3. The normalized spacial score (nSPS) is 11.1.